The molecule has 74 valence electrons. The predicted octanol–water partition coefficient (Wildman–Crippen LogP) is 3.15. The van der Waals surface area contributed by atoms with E-state index < -0.39 is 0 Å². The topological polar surface area (TPSA) is 12.0 Å². The molecule has 1 aliphatic carbocycles. The van der Waals surface area contributed by atoms with E-state index >= 15 is 0 Å². The third-order valence-electron chi connectivity index (χ3n) is 4.07. The quantitative estimate of drug-likeness (QED) is 0.658. The average Bonchev–Trinajstić information content (AvgIpc) is 2.51. The second-order valence-corrected chi connectivity index (χ2v) is 4.94. The smallest absolute Gasteiger partial charge is 0.0411 e. The summed E-state index contributed by atoms with van der Waals surface area (Å²) < 4.78 is 0. The molecule has 0 saturated heterocycles. The Labute approximate surface area is 85.5 Å². The van der Waals surface area contributed by atoms with Gasteiger partial charge in [0, 0.05) is 17.6 Å². The van der Waals surface area contributed by atoms with Crippen LogP contribution in [0.2, 0.25) is 0 Å². The van der Waals surface area contributed by atoms with E-state index in [0.29, 0.717) is 5.41 Å². The summed E-state index contributed by atoms with van der Waals surface area (Å²) in [5.74, 6) is 0. The third-order valence-corrected chi connectivity index (χ3v) is 4.07. The van der Waals surface area contributed by atoms with Crippen molar-refractivity contribution < 1.29 is 0 Å². The molecule has 1 heterocycles. The van der Waals surface area contributed by atoms with Gasteiger partial charge in [0.05, 0.1) is 0 Å². The summed E-state index contributed by atoms with van der Waals surface area (Å²) in [5, 5.41) is 3.60. The molecule has 1 spiro atoms. The summed E-state index contributed by atoms with van der Waals surface area (Å²) in [6, 6.07) is 4.51. The minimum absolute atomic E-state index is 0.519. The lowest BCUT2D eigenvalue weighted by Gasteiger charge is -2.39. The molecule has 0 atom stereocenters. The van der Waals surface area contributed by atoms with Gasteiger partial charge in [-0.05, 0) is 43.4 Å². The molecule has 0 aromatic heterocycles. The number of hydrogen-bond donors (Lipinski definition) is 1. The van der Waals surface area contributed by atoms with Crippen LogP contribution in [0.4, 0.5) is 5.69 Å². The van der Waals surface area contributed by atoms with E-state index in [-0.39, 0.29) is 0 Å². The Balaban J connectivity index is 2.22. The zero-order valence-corrected chi connectivity index (χ0v) is 8.98. The fourth-order valence-corrected chi connectivity index (χ4v) is 3.10. The van der Waals surface area contributed by atoms with Crippen LogP contribution in [0.3, 0.4) is 0 Å². The highest BCUT2D eigenvalue weighted by atomic mass is 14.9. The van der Waals surface area contributed by atoms with Crippen molar-refractivity contribution in [2.45, 2.75) is 38.5 Å². The maximum atomic E-state index is 3.60. The summed E-state index contributed by atoms with van der Waals surface area (Å²) >= 11 is 0. The van der Waals surface area contributed by atoms with Gasteiger partial charge in [0.2, 0.25) is 0 Å². The average molecular weight is 187 g/mol. The van der Waals surface area contributed by atoms with Crippen LogP contribution in [-0.2, 0) is 5.41 Å². The molecule has 1 aromatic rings. The SMILES string of the molecule is Cc1ccc(C)c2c1NCC21CCC1. The van der Waals surface area contributed by atoms with E-state index in [2.05, 4.69) is 31.3 Å². The van der Waals surface area contributed by atoms with Crippen molar-refractivity contribution >= 4 is 5.69 Å². The molecule has 0 amide bonds. The molecule has 1 aliphatic heterocycles. The van der Waals surface area contributed by atoms with E-state index in [4.69, 9.17) is 0 Å². The van der Waals surface area contributed by atoms with Gasteiger partial charge in [0.25, 0.3) is 0 Å². The van der Waals surface area contributed by atoms with Gasteiger partial charge in [-0.15, -0.1) is 0 Å². The molecule has 1 saturated carbocycles. The molecular weight excluding hydrogens is 170 g/mol. The Morgan fingerprint density at radius 3 is 2.50 bits per heavy atom. The number of aryl methyl sites for hydroxylation is 2. The van der Waals surface area contributed by atoms with Gasteiger partial charge in [0.15, 0.2) is 0 Å². The number of anilines is 1. The van der Waals surface area contributed by atoms with E-state index in [1.807, 2.05) is 0 Å². The molecule has 0 radical (unpaired) electrons. The number of hydrogen-bond acceptors (Lipinski definition) is 1. The van der Waals surface area contributed by atoms with Crippen molar-refractivity contribution in [3.05, 3.63) is 28.8 Å². The van der Waals surface area contributed by atoms with Crippen LogP contribution in [-0.4, -0.2) is 6.54 Å². The van der Waals surface area contributed by atoms with Gasteiger partial charge in [-0.1, -0.05) is 18.6 Å². The number of rotatable bonds is 0. The van der Waals surface area contributed by atoms with Crippen LogP contribution in [0.25, 0.3) is 0 Å². The first kappa shape index (κ1) is 8.34. The van der Waals surface area contributed by atoms with Crippen LogP contribution in [0.5, 0.6) is 0 Å². The summed E-state index contributed by atoms with van der Waals surface area (Å²) in [5.41, 5.74) is 6.48. The number of benzene rings is 1. The first-order valence-electron chi connectivity index (χ1n) is 5.57. The zero-order valence-electron chi connectivity index (χ0n) is 8.98. The molecule has 0 bridgehead atoms. The Hall–Kier alpha value is -0.980. The molecule has 1 aromatic carbocycles. The van der Waals surface area contributed by atoms with Gasteiger partial charge in [-0.2, -0.15) is 0 Å². The van der Waals surface area contributed by atoms with Crippen molar-refractivity contribution in [2.24, 2.45) is 0 Å². The third kappa shape index (κ3) is 0.853. The first-order chi connectivity index (χ1) is 6.73. The largest absolute Gasteiger partial charge is 0.384 e. The van der Waals surface area contributed by atoms with Gasteiger partial charge in [-0.25, -0.2) is 0 Å². The van der Waals surface area contributed by atoms with Crippen molar-refractivity contribution in [3.8, 4) is 0 Å². The highest BCUT2D eigenvalue weighted by Gasteiger charge is 2.44. The highest BCUT2D eigenvalue weighted by molar-refractivity contribution is 5.68. The first-order valence-corrected chi connectivity index (χ1v) is 5.57. The maximum Gasteiger partial charge on any atom is 0.0411 e. The monoisotopic (exact) mass is 187 g/mol. The second kappa shape index (κ2) is 2.53. The maximum absolute atomic E-state index is 3.60. The molecule has 1 N–H and O–H groups in total. The fraction of sp³-hybridized carbons (Fsp3) is 0.538. The second-order valence-electron chi connectivity index (χ2n) is 4.94. The van der Waals surface area contributed by atoms with E-state index in [0.717, 1.165) is 0 Å². The van der Waals surface area contributed by atoms with Gasteiger partial charge < -0.3 is 5.32 Å². The van der Waals surface area contributed by atoms with Crippen LogP contribution >= 0.6 is 0 Å². The molecule has 14 heavy (non-hydrogen) atoms. The number of nitrogens with one attached hydrogen (secondary N) is 1. The van der Waals surface area contributed by atoms with E-state index in [1.165, 1.54) is 42.6 Å². The van der Waals surface area contributed by atoms with E-state index in [9.17, 15) is 0 Å². The van der Waals surface area contributed by atoms with Crippen molar-refractivity contribution in [1.29, 1.82) is 0 Å². The van der Waals surface area contributed by atoms with Gasteiger partial charge >= 0.3 is 0 Å². The lowest BCUT2D eigenvalue weighted by Crippen LogP contribution is -2.36. The Morgan fingerprint density at radius 1 is 1.14 bits per heavy atom. The van der Waals surface area contributed by atoms with Crippen molar-refractivity contribution in [3.63, 3.8) is 0 Å². The lowest BCUT2D eigenvalue weighted by molar-refractivity contribution is 0.271. The summed E-state index contributed by atoms with van der Waals surface area (Å²) in [6.45, 7) is 5.64. The Kier molecular flexibility index (Phi) is 1.51. The van der Waals surface area contributed by atoms with Crippen LogP contribution < -0.4 is 5.32 Å². The van der Waals surface area contributed by atoms with Gasteiger partial charge in [0.1, 0.15) is 0 Å². The minimum atomic E-state index is 0.519. The molecule has 0 unspecified atom stereocenters. The van der Waals surface area contributed by atoms with Crippen LogP contribution in [0, 0.1) is 13.8 Å². The zero-order chi connectivity index (χ0) is 9.76. The minimum Gasteiger partial charge on any atom is -0.384 e. The van der Waals surface area contributed by atoms with Crippen LogP contribution in [0.1, 0.15) is 36.0 Å². The number of fused-ring (bicyclic) bond motifs is 2. The summed E-state index contributed by atoms with van der Waals surface area (Å²) in [7, 11) is 0. The fourth-order valence-electron chi connectivity index (χ4n) is 3.10. The lowest BCUT2D eigenvalue weighted by atomic mass is 9.64. The summed E-state index contributed by atoms with van der Waals surface area (Å²) in [6.07, 6.45) is 4.18. The van der Waals surface area contributed by atoms with E-state index in [1.54, 1.807) is 5.56 Å². The normalized spacial score (nSPS) is 21.6. The molecular formula is C13H17N. The highest BCUT2D eigenvalue weighted by Crippen LogP contribution is 2.52. The molecule has 1 heteroatoms. The van der Waals surface area contributed by atoms with Crippen LogP contribution in [0.15, 0.2) is 12.1 Å². The summed E-state index contributed by atoms with van der Waals surface area (Å²) in [4.78, 5) is 0. The van der Waals surface area contributed by atoms with Crippen molar-refractivity contribution in [1.82, 2.24) is 0 Å². The predicted molar refractivity (Wildman–Crippen MR) is 59.9 cm³/mol. The van der Waals surface area contributed by atoms with Gasteiger partial charge in [-0.3, -0.25) is 0 Å². The molecule has 2 aliphatic rings. The Morgan fingerprint density at radius 2 is 1.86 bits per heavy atom. The molecule has 1 nitrogen and oxygen atoms in total. The standard InChI is InChI=1S/C13H17N/c1-9-4-5-10(2)12-11(9)13(8-14-12)6-3-7-13/h4-5,14H,3,6-8H2,1-2H3. The molecule has 1 fully saturated rings. The molecule has 3 rings (SSSR count). The Bertz CT molecular complexity index is 388. The van der Waals surface area contributed by atoms with Crippen molar-refractivity contribution in [2.75, 3.05) is 11.9 Å².